The number of benzene rings is 1. The van der Waals surface area contributed by atoms with Gasteiger partial charge in [-0.05, 0) is 25.0 Å². The molecule has 1 atom stereocenters. The third kappa shape index (κ3) is 3.81. The minimum atomic E-state index is -3.69. The number of carboxylic acids is 1. The van der Waals surface area contributed by atoms with E-state index in [-0.39, 0.29) is 11.4 Å². The number of hydrogen-bond donors (Lipinski definition) is 1. The van der Waals surface area contributed by atoms with Crippen LogP contribution >= 0.6 is 0 Å². The Morgan fingerprint density at radius 3 is 2.52 bits per heavy atom. The maximum absolute atomic E-state index is 12.1. The van der Waals surface area contributed by atoms with Crippen molar-refractivity contribution in [1.29, 1.82) is 0 Å². The first-order valence-corrected chi connectivity index (χ1v) is 8.34. The molecule has 2 rings (SSSR count). The monoisotopic (exact) mass is 311 g/mol. The quantitative estimate of drug-likeness (QED) is 0.887. The molecule has 7 heteroatoms. The lowest BCUT2D eigenvalue weighted by atomic mass is 9.98. The number of amides is 1. The standard InChI is InChI=1S/C14H17NO5S/c16-13(15-8-4-5-11(9-15)14(17)18)10-21(19,20)12-6-2-1-3-7-12/h1-3,6-7,11H,4-5,8-10H2,(H,17,18)/t11-/m1/s1. The van der Waals surface area contributed by atoms with Gasteiger partial charge in [0.15, 0.2) is 9.84 Å². The van der Waals surface area contributed by atoms with Crippen molar-refractivity contribution in [3.8, 4) is 0 Å². The van der Waals surface area contributed by atoms with E-state index in [4.69, 9.17) is 5.11 Å². The summed E-state index contributed by atoms with van der Waals surface area (Å²) in [7, 11) is -3.69. The van der Waals surface area contributed by atoms with Crippen LogP contribution in [0.25, 0.3) is 0 Å². The topological polar surface area (TPSA) is 91.8 Å². The van der Waals surface area contributed by atoms with Gasteiger partial charge in [0, 0.05) is 13.1 Å². The second-order valence-corrected chi connectivity index (χ2v) is 7.08. The van der Waals surface area contributed by atoms with Crippen molar-refractivity contribution < 1.29 is 23.1 Å². The van der Waals surface area contributed by atoms with E-state index in [1.807, 2.05) is 0 Å². The summed E-state index contributed by atoms with van der Waals surface area (Å²) in [5.74, 6) is -2.71. The predicted molar refractivity (Wildman–Crippen MR) is 75.4 cm³/mol. The maximum Gasteiger partial charge on any atom is 0.308 e. The first-order valence-electron chi connectivity index (χ1n) is 6.68. The third-order valence-corrected chi connectivity index (χ3v) is 5.16. The Balaban J connectivity index is 2.06. The molecule has 0 unspecified atom stereocenters. The van der Waals surface area contributed by atoms with Crippen LogP contribution in [0.2, 0.25) is 0 Å². The molecule has 1 fully saturated rings. The molecule has 0 bridgehead atoms. The van der Waals surface area contributed by atoms with Gasteiger partial charge in [-0.1, -0.05) is 18.2 Å². The summed E-state index contributed by atoms with van der Waals surface area (Å²) in [5, 5.41) is 8.99. The highest BCUT2D eigenvalue weighted by atomic mass is 32.2. The molecule has 0 radical (unpaired) electrons. The molecule has 1 saturated heterocycles. The van der Waals surface area contributed by atoms with Gasteiger partial charge >= 0.3 is 5.97 Å². The van der Waals surface area contributed by atoms with Crippen molar-refractivity contribution in [2.24, 2.45) is 5.92 Å². The molecule has 6 nitrogen and oxygen atoms in total. The number of carbonyl (C=O) groups is 2. The summed E-state index contributed by atoms with van der Waals surface area (Å²) in [4.78, 5) is 24.5. The fourth-order valence-corrected chi connectivity index (χ4v) is 3.62. The fourth-order valence-electron chi connectivity index (χ4n) is 2.37. The fraction of sp³-hybridized carbons (Fsp3) is 0.429. The summed E-state index contributed by atoms with van der Waals surface area (Å²) in [6.07, 6.45) is 1.10. The van der Waals surface area contributed by atoms with Gasteiger partial charge in [0.05, 0.1) is 10.8 Å². The van der Waals surface area contributed by atoms with Crippen molar-refractivity contribution in [1.82, 2.24) is 4.90 Å². The lowest BCUT2D eigenvalue weighted by Crippen LogP contribution is -2.44. The highest BCUT2D eigenvalue weighted by Crippen LogP contribution is 2.18. The lowest BCUT2D eigenvalue weighted by Gasteiger charge is -2.30. The molecule has 1 aliphatic heterocycles. The average Bonchev–Trinajstić information content (AvgIpc) is 2.48. The Bertz CT molecular complexity index is 626. The molecule has 0 aliphatic carbocycles. The Morgan fingerprint density at radius 1 is 1.24 bits per heavy atom. The van der Waals surface area contributed by atoms with Crippen LogP contribution in [0.1, 0.15) is 12.8 Å². The number of nitrogens with zero attached hydrogens (tertiary/aromatic N) is 1. The summed E-state index contributed by atoms with van der Waals surface area (Å²) in [5.41, 5.74) is 0. The number of rotatable bonds is 4. The molecule has 1 aliphatic rings. The Kier molecular flexibility index (Phi) is 4.62. The first-order chi connectivity index (χ1) is 9.90. The largest absolute Gasteiger partial charge is 0.481 e. The summed E-state index contributed by atoms with van der Waals surface area (Å²) in [6.45, 7) is 0.491. The van der Waals surface area contributed by atoms with E-state index < -0.39 is 33.4 Å². The Morgan fingerprint density at radius 2 is 1.90 bits per heavy atom. The van der Waals surface area contributed by atoms with Gasteiger partial charge < -0.3 is 10.0 Å². The van der Waals surface area contributed by atoms with E-state index in [1.54, 1.807) is 18.2 Å². The van der Waals surface area contributed by atoms with E-state index in [2.05, 4.69) is 0 Å². The van der Waals surface area contributed by atoms with E-state index >= 15 is 0 Å². The molecule has 114 valence electrons. The van der Waals surface area contributed by atoms with Crippen LogP contribution in [-0.2, 0) is 19.4 Å². The molecule has 1 aromatic carbocycles. The summed E-state index contributed by atoms with van der Waals surface area (Å²) in [6, 6.07) is 7.78. The van der Waals surface area contributed by atoms with E-state index in [0.717, 1.165) is 0 Å². The van der Waals surface area contributed by atoms with E-state index in [0.29, 0.717) is 19.4 Å². The Labute approximate surface area is 123 Å². The van der Waals surface area contributed by atoms with E-state index in [1.165, 1.54) is 17.0 Å². The number of carbonyl (C=O) groups excluding carboxylic acids is 1. The molecule has 0 aromatic heterocycles. The van der Waals surface area contributed by atoms with Gasteiger partial charge in [-0.25, -0.2) is 8.42 Å². The first kappa shape index (κ1) is 15.5. The highest BCUT2D eigenvalue weighted by Gasteiger charge is 2.30. The van der Waals surface area contributed by atoms with Gasteiger partial charge in [-0.15, -0.1) is 0 Å². The van der Waals surface area contributed by atoms with Crippen LogP contribution in [0.4, 0.5) is 0 Å². The van der Waals surface area contributed by atoms with Gasteiger partial charge in [0.25, 0.3) is 0 Å². The zero-order valence-electron chi connectivity index (χ0n) is 11.4. The zero-order valence-corrected chi connectivity index (χ0v) is 12.3. The zero-order chi connectivity index (χ0) is 15.5. The second kappa shape index (κ2) is 6.26. The SMILES string of the molecule is O=C(O)[C@@H]1CCCN(C(=O)CS(=O)(=O)c2ccccc2)C1. The van der Waals surface area contributed by atoms with Crippen LogP contribution in [0.3, 0.4) is 0 Å². The highest BCUT2D eigenvalue weighted by molar-refractivity contribution is 7.92. The number of hydrogen-bond acceptors (Lipinski definition) is 4. The van der Waals surface area contributed by atoms with Crippen molar-refractivity contribution in [2.45, 2.75) is 17.7 Å². The molecule has 1 N–H and O–H groups in total. The smallest absolute Gasteiger partial charge is 0.308 e. The molecule has 21 heavy (non-hydrogen) atoms. The second-order valence-electron chi connectivity index (χ2n) is 5.09. The van der Waals surface area contributed by atoms with Gasteiger partial charge in [0.2, 0.25) is 5.91 Å². The number of aliphatic carboxylic acids is 1. The lowest BCUT2D eigenvalue weighted by molar-refractivity contribution is -0.145. The van der Waals surface area contributed by atoms with E-state index in [9.17, 15) is 18.0 Å². The van der Waals surface area contributed by atoms with Crippen LogP contribution in [0, 0.1) is 5.92 Å². The average molecular weight is 311 g/mol. The van der Waals surface area contributed by atoms with Gasteiger partial charge in [0.1, 0.15) is 5.75 Å². The van der Waals surface area contributed by atoms with Crippen molar-refractivity contribution in [2.75, 3.05) is 18.8 Å². The number of likely N-dealkylation sites (tertiary alicyclic amines) is 1. The normalized spacial score (nSPS) is 19.2. The molecule has 1 heterocycles. The minimum absolute atomic E-state index is 0.0818. The number of piperidine rings is 1. The molecule has 0 spiro atoms. The van der Waals surface area contributed by atoms with Crippen LogP contribution in [0.15, 0.2) is 35.2 Å². The van der Waals surface area contributed by atoms with Crippen molar-refractivity contribution in [3.05, 3.63) is 30.3 Å². The predicted octanol–water partition coefficient (Wildman–Crippen LogP) is 0.783. The molecular formula is C14H17NO5S. The number of sulfone groups is 1. The number of carboxylic acid groups (broad SMARTS) is 1. The van der Waals surface area contributed by atoms with Crippen LogP contribution < -0.4 is 0 Å². The van der Waals surface area contributed by atoms with Gasteiger partial charge in [-0.2, -0.15) is 0 Å². The third-order valence-electron chi connectivity index (χ3n) is 3.54. The summed E-state index contributed by atoms with van der Waals surface area (Å²) < 4.78 is 24.3. The van der Waals surface area contributed by atoms with Crippen LogP contribution in [-0.4, -0.2) is 49.1 Å². The maximum atomic E-state index is 12.1. The summed E-state index contributed by atoms with van der Waals surface area (Å²) >= 11 is 0. The molecular weight excluding hydrogens is 294 g/mol. The minimum Gasteiger partial charge on any atom is -0.481 e. The van der Waals surface area contributed by atoms with Crippen LogP contribution in [0.5, 0.6) is 0 Å². The molecule has 0 saturated carbocycles. The molecule has 1 aromatic rings. The van der Waals surface area contributed by atoms with Crippen molar-refractivity contribution >= 4 is 21.7 Å². The van der Waals surface area contributed by atoms with Gasteiger partial charge in [-0.3, -0.25) is 9.59 Å². The van der Waals surface area contributed by atoms with Crippen molar-refractivity contribution in [3.63, 3.8) is 0 Å². The Hall–Kier alpha value is -1.89. The molecule has 1 amide bonds.